The predicted molar refractivity (Wildman–Crippen MR) is 106 cm³/mol. The minimum Gasteiger partial charge on any atom is -0.452 e. The van der Waals surface area contributed by atoms with Gasteiger partial charge in [0.2, 0.25) is 0 Å². The minimum absolute atomic E-state index is 0.314. The molecule has 0 heterocycles. The van der Waals surface area contributed by atoms with Gasteiger partial charge >= 0.3 is 5.97 Å². The summed E-state index contributed by atoms with van der Waals surface area (Å²) >= 11 is 11.8. The van der Waals surface area contributed by atoms with Gasteiger partial charge in [-0.15, -0.1) is 0 Å². The third-order valence-corrected chi connectivity index (χ3v) is 5.29. The Kier molecular flexibility index (Phi) is 6.32. The molecule has 0 bridgehead atoms. The van der Waals surface area contributed by atoms with Crippen LogP contribution in [0.3, 0.4) is 0 Å². The Balaban J connectivity index is 2.11. The van der Waals surface area contributed by atoms with Crippen LogP contribution in [0.1, 0.15) is 38.2 Å². The van der Waals surface area contributed by atoms with E-state index >= 15 is 0 Å². The molecule has 0 saturated heterocycles. The largest absolute Gasteiger partial charge is 0.452 e. The van der Waals surface area contributed by atoms with E-state index in [9.17, 15) is 9.59 Å². The zero-order valence-electron chi connectivity index (χ0n) is 15.4. The van der Waals surface area contributed by atoms with Crippen molar-refractivity contribution in [3.8, 4) is 0 Å². The van der Waals surface area contributed by atoms with Crippen LogP contribution in [0.15, 0.2) is 18.2 Å². The number of anilines is 1. The Morgan fingerprint density at radius 1 is 0.923 bits per heavy atom. The second-order valence-electron chi connectivity index (χ2n) is 6.25. The molecule has 0 radical (unpaired) electrons. The molecule has 0 fully saturated rings. The Morgan fingerprint density at radius 3 is 2.00 bits per heavy atom. The molecule has 2 rings (SSSR count). The minimum atomic E-state index is -0.511. The first kappa shape index (κ1) is 20.3. The van der Waals surface area contributed by atoms with Gasteiger partial charge in [0.15, 0.2) is 6.61 Å². The zero-order valence-corrected chi connectivity index (χ0v) is 16.9. The number of carbonyl (C=O) groups excluding carboxylic acids is 2. The zero-order chi connectivity index (χ0) is 19.6. The normalized spacial score (nSPS) is 10.6. The van der Waals surface area contributed by atoms with Crippen molar-refractivity contribution in [3.05, 3.63) is 61.6 Å². The highest BCUT2D eigenvalue weighted by Crippen LogP contribution is 2.27. The quantitative estimate of drug-likeness (QED) is 0.713. The molecule has 0 unspecified atom stereocenters. The molecule has 26 heavy (non-hydrogen) atoms. The number of benzene rings is 2. The highest BCUT2D eigenvalue weighted by atomic mass is 35.5. The van der Waals surface area contributed by atoms with Crippen molar-refractivity contribution in [2.75, 3.05) is 11.9 Å². The molecular weight excluding hydrogens is 373 g/mol. The summed E-state index contributed by atoms with van der Waals surface area (Å²) in [7, 11) is 0. The summed E-state index contributed by atoms with van der Waals surface area (Å²) in [5.41, 5.74) is 5.93. The molecule has 0 aliphatic rings. The highest BCUT2D eigenvalue weighted by molar-refractivity contribution is 6.36. The summed E-state index contributed by atoms with van der Waals surface area (Å²) in [6.07, 6.45) is 0. The van der Waals surface area contributed by atoms with E-state index in [1.807, 2.05) is 34.6 Å². The van der Waals surface area contributed by atoms with Crippen molar-refractivity contribution >= 4 is 40.8 Å². The van der Waals surface area contributed by atoms with Crippen LogP contribution >= 0.6 is 23.2 Å². The van der Waals surface area contributed by atoms with Gasteiger partial charge in [0.05, 0.1) is 16.3 Å². The first-order valence-corrected chi connectivity index (χ1v) is 8.88. The third kappa shape index (κ3) is 4.19. The van der Waals surface area contributed by atoms with Gasteiger partial charge in [-0.3, -0.25) is 4.79 Å². The van der Waals surface area contributed by atoms with Gasteiger partial charge in [0.1, 0.15) is 0 Å². The van der Waals surface area contributed by atoms with Crippen LogP contribution in [0.25, 0.3) is 0 Å². The van der Waals surface area contributed by atoms with Crippen LogP contribution in [-0.2, 0) is 9.53 Å². The Labute approximate surface area is 163 Å². The molecule has 0 saturated carbocycles. The lowest BCUT2D eigenvalue weighted by Gasteiger charge is -2.17. The van der Waals surface area contributed by atoms with E-state index in [1.54, 1.807) is 12.1 Å². The molecule has 0 aliphatic carbocycles. The lowest BCUT2D eigenvalue weighted by molar-refractivity contribution is -0.119. The van der Waals surface area contributed by atoms with Gasteiger partial charge in [-0.2, -0.15) is 0 Å². The number of nitrogens with one attached hydrogen (secondary N) is 1. The van der Waals surface area contributed by atoms with E-state index in [-0.39, 0.29) is 0 Å². The maximum Gasteiger partial charge on any atom is 0.339 e. The monoisotopic (exact) mass is 393 g/mol. The molecule has 0 spiro atoms. The van der Waals surface area contributed by atoms with Crippen LogP contribution in [0.4, 0.5) is 5.69 Å². The van der Waals surface area contributed by atoms with Gasteiger partial charge in [0, 0.05) is 5.02 Å². The van der Waals surface area contributed by atoms with E-state index in [1.165, 1.54) is 6.07 Å². The van der Waals surface area contributed by atoms with Crippen LogP contribution < -0.4 is 5.32 Å². The number of rotatable bonds is 4. The first-order valence-electron chi connectivity index (χ1n) is 8.12. The van der Waals surface area contributed by atoms with Gasteiger partial charge < -0.3 is 10.1 Å². The summed E-state index contributed by atoms with van der Waals surface area (Å²) in [5, 5.41) is 3.38. The smallest absolute Gasteiger partial charge is 0.339 e. The lowest BCUT2D eigenvalue weighted by Crippen LogP contribution is -2.22. The van der Waals surface area contributed by atoms with Crippen molar-refractivity contribution in [2.24, 2.45) is 0 Å². The standard InChI is InChI=1S/C20H21Cl2NO3/c1-10-11(2)13(4)19(14(5)12(10)3)20(25)26-9-18(24)23-17-7-6-15(21)8-16(17)22/h6-8H,9H2,1-5H3,(H,23,24). The molecule has 2 aromatic carbocycles. The molecule has 0 atom stereocenters. The number of carbonyl (C=O) groups is 2. The fourth-order valence-corrected chi connectivity index (χ4v) is 3.24. The fraction of sp³-hybridized carbons (Fsp3) is 0.300. The average molecular weight is 394 g/mol. The van der Waals surface area contributed by atoms with E-state index in [0.29, 0.717) is 21.3 Å². The summed E-state index contributed by atoms with van der Waals surface area (Å²) in [4.78, 5) is 24.6. The maximum atomic E-state index is 12.5. The molecule has 0 aromatic heterocycles. The molecule has 1 amide bonds. The number of ether oxygens (including phenoxy) is 1. The topological polar surface area (TPSA) is 55.4 Å². The van der Waals surface area contributed by atoms with Crippen molar-refractivity contribution in [3.63, 3.8) is 0 Å². The molecule has 1 N–H and O–H groups in total. The molecule has 0 aliphatic heterocycles. The van der Waals surface area contributed by atoms with E-state index in [0.717, 1.165) is 27.8 Å². The summed E-state index contributed by atoms with van der Waals surface area (Å²) in [6.45, 7) is 9.36. The van der Waals surface area contributed by atoms with Crippen molar-refractivity contribution in [2.45, 2.75) is 34.6 Å². The fourth-order valence-electron chi connectivity index (χ4n) is 2.79. The molecule has 4 nitrogen and oxygen atoms in total. The lowest BCUT2D eigenvalue weighted by atomic mass is 9.90. The van der Waals surface area contributed by atoms with Crippen LogP contribution in [0, 0.1) is 34.6 Å². The first-order chi connectivity index (χ1) is 12.1. The number of halogens is 2. The van der Waals surface area contributed by atoms with Crippen LogP contribution in [-0.4, -0.2) is 18.5 Å². The molecular formula is C20H21Cl2NO3. The van der Waals surface area contributed by atoms with Gasteiger partial charge in [0.25, 0.3) is 5.91 Å². The van der Waals surface area contributed by atoms with Crippen molar-refractivity contribution < 1.29 is 14.3 Å². The molecule has 2 aromatic rings. The van der Waals surface area contributed by atoms with E-state index in [2.05, 4.69) is 5.32 Å². The van der Waals surface area contributed by atoms with Crippen molar-refractivity contribution in [1.29, 1.82) is 0 Å². The van der Waals surface area contributed by atoms with Gasteiger partial charge in [-0.25, -0.2) is 4.79 Å². The Hall–Kier alpha value is -2.04. The summed E-state index contributed by atoms with van der Waals surface area (Å²) < 4.78 is 5.22. The number of esters is 1. The number of hydrogen-bond acceptors (Lipinski definition) is 3. The van der Waals surface area contributed by atoms with Crippen LogP contribution in [0.2, 0.25) is 10.0 Å². The van der Waals surface area contributed by atoms with Crippen molar-refractivity contribution in [1.82, 2.24) is 0 Å². The molecule has 6 heteroatoms. The second-order valence-corrected chi connectivity index (χ2v) is 7.09. The van der Waals surface area contributed by atoms with E-state index in [4.69, 9.17) is 27.9 Å². The predicted octanol–water partition coefficient (Wildman–Crippen LogP) is 5.33. The number of amides is 1. The SMILES string of the molecule is Cc1c(C)c(C)c(C(=O)OCC(=O)Nc2ccc(Cl)cc2Cl)c(C)c1C. The maximum absolute atomic E-state index is 12.5. The van der Waals surface area contributed by atoms with Gasteiger partial charge in [-0.1, -0.05) is 23.2 Å². The number of hydrogen-bond donors (Lipinski definition) is 1. The third-order valence-electron chi connectivity index (χ3n) is 4.74. The Bertz CT molecular complexity index is 862. The Morgan fingerprint density at radius 2 is 1.46 bits per heavy atom. The molecule has 138 valence electrons. The average Bonchev–Trinajstić information content (AvgIpc) is 2.59. The highest BCUT2D eigenvalue weighted by Gasteiger charge is 2.20. The second kappa shape index (κ2) is 8.11. The van der Waals surface area contributed by atoms with E-state index < -0.39 is 18.5 Å². The summed E-state index contributed by atoms with van der Waals surface area (Å²) in [6, 6.07) is 4.72. The van der Waals surface area contributed by atoms with Gasteiger partial charge in [-0.05, 0) is 80.6 Å². The van der Waals surface area contributed by atoms with Crippen LogP contribution in [0.5, 0.6) is 0 Å². The summed E-state index contributed by atoms with van der Waals surface area (Å²) in [5.74, 6) is -0.984.